The first-order valence-corrected chi connectivity index (χ1v) is 7.89. The highest BCUT2D eigenvalue weighted by Gasteiger charge is 2.42. The molecular weight excluding hydrogens is 254 g/mol. The van der Waals surface area contributed by atoms with Gasteiger partial charge in [0, 0.05) is 38.3 Å². The van der Waals surface area contributed by atoms with E-state index in [-0.39, 0.29) is 11.6 Å². The summed E-state index contributed by atoms with van der Waals surface area (Å²) in [6.45, 7) is 7.68. The first-order chi connectivity index (χ1) is 9.57. The number of piperazine rings is 1. The Morgan fingerprint density at radius 1 is 1.15 bits per heavy atom. The van der Waals surface area contributed by atoms with Crippen LogP contribution in [0.3, 0.4) is 0 Å². The Labute approximate surface area is 122 Å². The van der Waals surface area contributed by atoms with E-state index < -0.39 is 0 Å². The van der Waals surface area contributed by atoms with Crippen LogP contribution in [0.2, 0.25) is 0 Å². The van der Waals surface area contributed by atoms with E-state index in [2.05, 4.69) is 30.8 Å². The molecule has 0 aromatic rings. The Morgan fingerprint density at radius 2 is 1.85 bits per heavy atom. The van der Waals surface area contributed by atoms with Crippen LogP contribution in [0.25, 0.3) is 0 Å². The Bertz CT molecular complexity index is 327. The second-order valence-corrected chi connectivity index (χ2v) is 6.34. The first kappa shape index (κ1) is 15.6. The van der Waals surface area contributed by atoms with Gasteiger partial charge < -0.3 is 14.5 Å². The molecule has 2 heterocycles. The molecule has 1 spiro atoms. The average Bonchev–Trinajstić information content (AvgIpc) is 2.44. The summed E-state index contributed by atoms with van der Waals surface area (Å²) in [6.07, 6.45) is 4.00. The smallest absolute Gasteiger partial charge is 0.409 e. The van der Waals surface area contributed by atoms with Crippen LogP contribution >= 0.6 is 0 Å². The number of nitrogens with zero attached hydrogens (tertiary/aromatic N) is 3. The van der Waals surface area contributed by atoms with Crippen LogP contribution in [-0.2, 0) is 4.74 Å². The Hall–Kier alpha value is -0.810. The van der Waals surface area contributed by atoms with Crippen molar-refractivity contribution >= 4 is 6.09 Å². The number of likely N-dealkylation sites (tertiary alicyclic amines) is 1. The second-order valence-electron chi connectivity index (χ2n) is 6.34. The molecule has 0 aromatic carbocycles. The normalized spacial score (nSPS) is 24.1. The second kappa shape index (κ2) is 6.76. The van der Waals surface area contributed by atoms with E-state index in [1.807, 2.05) is 4.90 Å². The molecule has 0 aromatic heterocycles. The average molecular weight is 283 g/mol. The van der Waals surface area contributed by atoms with Crippen LogP contribution in [0.5, 0.6) is 0 Å². The molecular formula is C15H29N3O2. The number of rotatable bonds is 3. The fourth-order valence-electron chi connectivity index (χ4n) is 3.30. The summed E-state index contributed by atoms with van der Waals surface area (Å²) >= 11 is 0. The fraction of sp³-hybridized carbons (Fsp3) is 0.933. The molecule has 0 saturated carbocycles. The van der Waals surface area contributed by atoms with Gasteiger partial charge in [0.15, 0.2) is 0 Å². The van der Waals surface area contributed by atoms with Gasteiger partial charge in [-0.2, -0.15) is 0 Å². The van der Waals surface area contributed by atoms with Crippen LogP contribution in [0.15, 0.2) is 0 Å². The van der Waals surface area contributed by atoms with Gasteiger partial charge in [0.25, 0.3) is 0 Å². The fourth-order valence-corrected chi connectivity index (χ4v) is 3.30. The number of hydrogen-bond acceptors (Lipinski definition) is 4. The van der Waals surface area contributed by atoms with Crippen molar-refractivity contribution in [2.45, 2.75) is 38.1 Å². The minimum atomic E-state index is -0.125. The lowest BCUT2D eigenvalue weighted by molar-refractivity contribution is -0.0187. The van der Waals surface area contributed by atoms with E-state index in [1.165, 1.54) is 0 Å². The van der Waals surface area contributed by atoms with E-state index in [0.717, 1.165) is 58.4 Å². The Balaban J connectivity index is 1.83. The molecule has 0 atom stereocenters. The topological polar surface area (TPSA) is 36.0 Å². The maximum Gasteiger partial charge on any atom is 0.409 e. The zero-order valence-corrected chi connectivity index (χ0v) is 13.2. The number of piperidine rings is 1. The summed E-state index contributed by atoms with van der Waals surface area (Å²) in [5.74, 6) is 0. The highest BCUT2D eigenvalue weighted by Crippen LogP contribution is 2.31. The van der Waals surface area contributed by atoms with Crippen LogP contribution in [0.1, 0.15) is 32.6 Å². The maximum atomic E-state index is 12.0. The molecule has 2 aliphatic heterocycles. The van der Waals surface area contributed by atoms with Crippen molar-refractivity contribution in [3.63, 3.8) is 0 Å². The molecule has 2 fully saturated rings. The van der Waals surface area contributed by atoms with Crippen molar-refractivity contribution in [1.29, 1.82) is 0 Å². The summed E-state index contributed by atoms with van der Waals surface area (Å²) in [6, 6.07) is 0. The van der Waals surface area contributed by atoms with Gasteiger partial charge in [-0.05, 0) is 33.4 Å². The Kier molecular flexibility index (Phi) is 5.27. The number of likely N-dealkylation sites (N-methyl/N-ethyl adjacent to an activating group) is 2. The highest BCUT2D eigenvalue weighted by molar-refractivity contribution is 5.67. The SMILES string of the molecule is CCCCOC(=O)N1CCC2(CC1)CN(C)CCN2C. The van der Waals surface area contributed by atoms with Crippen molar-refractivity contribution in [2.24, 2.45) is 0 Å². The molecule has 0 radical (unpaired) electrons. The highest BCUT2D eigenvalue weighted by atomic mass is 16.6. The van der Waals surface area contributed by atoms with E-state index in [4.69, 9.17) is 4.74 Å². The number of hydrogen-bond donors (Lipinski definition) is 0. The van der Waals surface area contributed by atoms with Crippen molar-refractivity contribution in [1.82, 2.24) is 14.7 Å². The van der Waals surface area contributed by atoms with Crippen molar-refractivity contribution in [2.75, 3.05) is 53.4 Å². The summed E-state index contributed by atoms with van der Waals surface area (Å²) in [4.78, 5) is 18.8. The predicted molar refractivity (Wildman–Crippen MR) is 79.9 cm³/mol. The summed E-state index contributed by atoms with van der Waals surface area (Å²) in [5.41, 5.74) is 0.257. The maximum absolute atomic E-state index is 12.0. The van der Waals surface area contributed by atoms with E-state index in [1.54, 1.807) is 0 Å². The zero-order valence-electron chi connectivity index (χ0n) is 13.2. The predicted octanol–water partition coefficient (Wildman–Crippen LogP) is 1.63. The number of carbonyl (C=O) groups excluding carboxylic acids is 1. The van der Waals surface area contributed by atoms with Gasteiger partial charge in [-0.3, -0.25) is 4.90 Å². The van der Waals surface area contributed by atoms with Gasteiger partial charge in [-0.15, -0.1) is 0 Å². The minimum Gasteiger partial charge on any atom is -0.449 e. The van der Waals surface area contributed by atoms with Gasteiger partial charge in [-0.25, -0.2) is 4.79 Å². The third-order valence-corrected chi connectivity index (χ3v) is 4.87. The van der Waals surface area contributed by atoms with E-state index >= 15 is 0 Å². The van der Waals surface area contributed by atoms with Gasteiger partial charge in [0.1, 0.15) is 0 Å². The van der Waals surface area contributed by atoms with Crippen LogP contribution in [-0.4, -0.2) is 79.8 Å². The molecule has 20 heavy (non-hydrogen) atoms. The molecule has 1 amide bonds. The largest absolute Gasteiger partial charge is 0.449 e. The minimum absolute atomic E-state index is 0.125. The number of carbonyl (C=O) groups is 1. The molecule has 5 heteroatoms. The quantitative estimate of drug-likeness (QED) is 0.738. The van der Waals surface area contributed by atoms with Crippen molar-refractivity contribution in [3.05, 3.63) is 0 Å². The summed E-state index contributed by atoms with van der Waals surface area (Å²) in [7, 11) is 4.42. The zero-order chi connectivity index (χ0) is 14.6. The lowest BCUT2D eigenvalue weighted by Crippen LogP contribution is -2.64. The lowest BCUT2D eigenvalue weighted by atomic mass is 9.84. The molecule has 0 aliphatic carbocycles. The number of ether oxygens (including phenoxy) is 1. The summed E-state index contributed by atoms with van der Waals surface area (Å²) < 4.78 is 5.31. The van der Waals surface area contributed by atoms with Crippen molar-refractivity contribution < 1.29 is 9.53 Å². The van der Waals surface area contributed by atoms with Crippen LogP contribution < -0.4 is 0 Å². The van der Waals surface area contributed by atoms with Crippen LogP contribution in [0, 0.1) is 0 Å². The van der Waals surface area contributed by atoms with Gasteiger partial charge in [-0.1, -0.05) is 13.3 Å². The van der Waals surface area contributed by atoms with Crippen molar-refractivity contribution in [3.8, 4) is 0 Å². The third kappa shape index (κ3) is 3.44. The standard InChI is InChI=1S/C15H29N3O2/c1-4-5-12-20-14(19)18-8-6-15(7-9-18)13-16(2)10-11-17(15)3/h4-13H2,1-3H3. The molecule has 5 nitrogen and oxygen atoms in total. The van der Waals surface area contributed by atoms with Gasteiger partial charge in [0.2, 0.25) is 0 Å². The molecule has 2 aliphatic rings. The number of amides is 1. The van der Waals surface area contributed by atoms with E-state index in [0.29, 0.717) is 6.61 Å². The molecule has 0 N–H and O–H groups in total. The van der Waals surface area contributed by atoms with Crippen LogP contribution in [0.4, 0.5) is 4.79 Å². The molecule has 2 saturated heterocycles. The molecule has 0 unspecified atom stereocenters. The van der Waals surface area contributed by atoms with E-state index in [9.17, 15) is 4.79 Å². The molecule has 116 valence electrons. The number of unbranched alkanes of at least 4 members (excludes halogenated alkanes) is 1. The first-order valence-electron chi connectivity index (χ1n) is 7.89. The lowest BCUT2D eigenvalue weighted by Gasteiger charge is -2.52. The van der Waals surface area contributed by atoms with Gasteiger partial charge in [0.05, 0.1) is 6.61 Å². The monoisotopic (exact) mass is 283 g/mol. The Morgan fingerprint density at radius 3 is 2.50 bits per heavy atom. The third-order valence-electron chi connectivity index (χ3n) is 4.87. The molecule has 0 bridgehead atoms. The molecule has 2 rings (SSSR count). The summed E-state index contributed by atoms with van der Waals surface area (Å²) in [5, 5.41) is 0. The van der Waals surface area contributed by atoms with Gasteiger partial charge >= 0.3 is 6.09 Å².